The van der Waals surface area contributed by atoms with E-state index >= 15 is 0 Å². The van der Waals surface area contributed by atoms with Crippen LogP contribution in [0.3, 0.4) is 0 Å². The molecule has 142 valence electrons. The summed E-state index contributed by atoms with van der Waals surface area (Å²) >= 11 is 0. The number of rotatable bonds is 6. The third-order valence-corrected chi connectivity index (χ3v) is 5.14. The van der Waals surface area contributed by atoms with Gasteiger partial charge in [-0.2, -0.15) is 5.26 Å². The Kier molecular flexibility index (Phi) is 6.03. The molecule has 2 aromatic carbocycles. The largest absolute Gasteiger partial charge is 0.486 e. The second kappa shape index (κ2) is 8.45. The predicted octanol–water partition coefficient (Wildman–Crippen LogP) is 4.76. The van der Waals surface area contributed by atoms with Crippen LogP contribution in [0.25, 0.3) is 11.1 Å². The fourth-order valence-corrected chi connectivity index (χ4v) is 3.59. The van der Waals surface area contributed by atoms with E-state index in [4.69, 9.17) is 4.74 Å². The van der Waals surface area contributed by atoms with Crippen LogP contribution in [-0.4, -0.2) is 30.4 Å². The van der Waals surface area contributed by atoms with Crippen molar-refractivity contribution >= 4 is 5.69 Å². The monoisotopic (exact) mass is 364 g/mol. The molecular weight excluding hydrogens is 336 g/mol. The highest BCUT2D eigenvalue weighted by atomic mass is 16.5. The quantitative estimate of drug-likeness (QED) is 0.803. The molecule has 0 aliphatic carbocycles. The molecule has 0 amide bonds. The molecule has 0 radical (unpaired) electrons. The third-order valence-electron chi connectivity index (χ3n) is 5.14. The highest BCUT2D eigenvalue weighted by molar-refractivity contribution is 5.75. The summed E-state index contributed by atoms with van der Waals surface area (Å²) in [6.07, 6.45) is 4.33. The van der Waals surface area contributed by atoms with E-state index in [1.165, 1.54) is 24.9 Å². The van der Waals surface area contributed by atoms with E-state index in [0.717, 1.165) is 24.2 Å². The zero-order chi connectivity index (χ0) is 19.3. The first-order valence-corrected chi connectivity index (χ1v) is 9.72. The molecule has 1 aliphatic rings. The van der Waals surface area contributed by atoms with Crippen LogP contribution in [0.5, 0.6) is 5.75 Å². The summed E-state index contributed by atoms with van der Waals surface area (Å²) in [6.45, 7) is 6.12. The maximum absolute atomic E-state index is 9.76. The lowest BCUT2D eigenvalue weighted by Crippen LogP contribution is -2.29. The van der Waals surface area contributed by atoms with Crippen molar-refractivity contribution in [3.8, 4) is 22.9 Å². The molecule has 0 unspecified atom stereocenters. The van der Waals surface area contributed by atoms with Gasteiger partial charge in [-0.15, -0.1) is 0 Å². The van der Waals surface area contributed by atoms with E-state index in [2.05, 4.69) is 35.2 Å². The smallest absolute Gasteiger partial charge is 0.138 e. The van der Waals surface area contributed by atoms with Gasteiger partial charge in [-0.05, 0) is 56.9 Å². The number of hydrogen-bond acceptors (Lipinski definition) is 4. The zero-order valence-corrected chi connectivity index (χ0v) is 16.2. The second-order valence-electron chi connectivity index (χ2n) is 7.72. The first kappa shape index (κ1) is 19.3. The molecule has 3 rings (SSSR count). The molecule has 1 saturated heterocycles. The molecule has 0 atom stereocenters. The van der Waals surface area contributed by atoms with Crippen LogP contribution in [-0.2, 0) is 0 Å². The lowest BCUT2D eigenvalue weighted by Gasteiger charge is -2.29. The molecule has 4 nitrogen and oxygen atoms in total. The maximum Gasteiger partial charge on any atom is 0.138 e. The minimum absolute atomic E-state index is 0.0482. The fraction of sp³-hybridized carbons (Fsp3) is 0.435. The number of nitrogens with zero attached hydrogens (tertiary/aromatic N) is 2. The Morgan fingerprint density at radius 3 is 2.41 bits per heavy atom. The molecule has 0 aromatic heterocycles. The van der Waals surface area contributed by atoms with Gasteiger partial charge < -0.3 is 14.7 Å². The summed E-state index contributed by atoms with van der Waals surface area (Å²) in [5.74, 6) is 0.563. The predicted molar refractivity (Wildman–Crippen MR) is 109 cm³/mol. The number of hydrogen-bond donors (Lipinski definition) is 1. The number of aliphatic hydroxyl groups excluding tert-OH is 1. The van der Waals surface area contributed by atoms with Crippen LogP contribution in [0.2, 0.25) is 0 Å². The van der Waals surface area contributed by atoms with Crippen molar-refractivity contribution in [1.29, 1.82) is 5.26 Å². The van der Waals surface area contributed by atoms with Gasteiger partial charge in [0.2, 0.25) is 0 Å². The van der Waals surface area contributed by atoms with Crippen molar-refractivity contribution in [2.45, 2.75) is 45.1 Å². The number of benzene rings is 2. The van der Waals surface area contributed by atoms with E-state index < -0.39 is 5.60 Å². The van der Waals surface area contributed by atoms with Gasteiger partial charge in [-0.25, -0.2) is 0 Å². The number of nitriles is 1. The maximum atomic E-state index is 9.76. The van der Waals surface area contributed by atoms with E-state index in [9.17, 15) is 10.4 Å². The normalized spacial score (nSPS) is 14.7. The summed E-state index contributed by atoms with van der Waals surface area (Å²) < 4.78 is 6.05. The Labute approximate surface area is 162 Å². The van der Waals surface area contributed by atoms with E-state index in [0.29, 0.717) is 17.7 Å². The molecule has 1 aliphatic heterocycles. The van der Waals surface area contributed by atoms with Crippen molar-refractivity contribution < 1.29 is 9.84 Å². The van der Waals surface area contributed by atoms with Crippen molar-refractivity contribution in [2.75, 3.05) is 24.6 Å². The van der Waals surface area contributed by atoms with Crippen molar-refractivity contribution in [1.82, 2.24) is 0 Å². The van der Waals surface area contributed by atoms with Crippen LogP contribution >= 0.6 is 0 Å². The van der Waals surface area contributed by atoms with E-state index in [1.54, 1.807) is 0 Å². The Morgan fingerprint density at radius 2 is 1.78 bits per heavy atom. The average Bonchev–Trinajstić information content (AvgIpc) is 2.68. The van der Waals surface area contributed by atoms with Gasteiger partial charge >= 0.3 is 0 Å². The summed E-state index contributed by atoms with van der Waals surface area (Å²) in [5.41, 5.74) is 3.14. The lowest BCUT2D eigenvalue weighted by atomic mass is 9.98. The summed E-state index contributed by atoms with van der Waals surface area (Å²) in [6, 6.07) is 16.5. The minimum Gasteiger partial charge on any atom is -0.486 e. The molecular formula is C23H28N2O2. The van der Waals surface area contributed by atoms with Crippen molar-refractivity contribution in [3.63, 3.8) is 0 Å². The Bertz CT molecular complexity index is 800. The highest BCUT2D eigenvalue weighted by Gasteiger charge is 2.22. The lowest BCUT2D eigenvalue weighted by molar-refractivity contribution is 0.0762. The highest BCUT2D eigenvalue weighted by Crippen LogP contribution is 2.34. The van der Waals surface area contributed by atoms with Crippen LogP contribution < -0.4 is 9.64 Å². The number of piperidine rings is 1. The minimum atomic E-state index is -0.531. The first-order valence-electron chi connectivity index (χ1n) is 9.72. The average molecular weight is 364 g/mol. The van der Waals surface area contributed by atoms with Gasteiger partial charge in [-0.3, -0.25) is 0 Å². The van der Waals surface area contributed by atoms with Gasteiger partial charge in [0.1, 0.15) is 23.0 Å². The van der Waals surface area contributed by atoms with Crippen LogP contribution in [0.15, 0.2) is 42.5 Å². The Hall–Kier alpha value is -2.51. The Morgan fingerprint density at radius 1 is 1.07 bits per heavy atom. The zero-order valence-electron chi connectivity index (χ0n) is 16.2. The van der Waals surface area contributed by atoms with Gasteiger partial charge in [0.05, 0.1) is 0 Å². The van der Waals surface area contributed by atoms with E-state index in [-0.39, 0.29) is 6.61 Å². The van der Waals surface area contributed by atoms with Gasteiger partial charge in [0.15, 0.2) is 0 Å². The molecule has 1 fully saturated rings. The summed E-state index contributed by atoms with van der Waals surface area (Å²) in [5, 5.41) is 19.0. The molecule has 1 heterocycles. The van der Waals surface area contributed by atoms with E-state index in [1.807, 2.05) is 32.0 Å². The molecule has 0 saturated carbocycles. The second-order valence-corrected chi connectivity index (χ2v) is 7.72. The van der Waals surface area contributed by atoms with Crippen molar-refractivity contribution in [3.05, 3.63) is 48.0 Å². The van der Waals surface area contributed by atoms with Crippen LogP contribution in [0.4, 0.5) is 5.69 Å². The van der Waals surface area contributed by atoms with Crippen LogP contribution in [0.1, 0.15) is 45.1 Å². The van der Waals surface area contributed by atoms with Gasteiger partial charge in [0, 0.05) is 37.4 Å². The molecule has 0 bridgehead atoms. The van der Waals surface area contributed by atoms with Crippen molar-refractivity contribution in [2.24, 2.45) is 0 Å². The summed E-state index contributed by atoms with van der Waals surface area (Å²) in [7, 11) is 0. The van der Waals surface area contributed by atoms with Gasteiger partial charge in [0.25, 0.3) is 0 Å². The number of aliphatic hydroxyl groups is 1. The SMILES string of the molecule is CC(C)(CCO)Oc1cccc(-c2ccc(N3CCCCC3)cc2)c1C#N. The van der Waals surface area contributed by atoms with Gasteiger partial charge in [-0.1, -0.05) is 24.3 Å². The van der Waals surface area contributed by atoms with Crippen LogP contribution in [0, 0.1) is 11.3 Å². The standard InChI is InChI=1S/C23H28N2O2/c1-23(2,13-16-26)27-22-8-6-7-20(21(22)17-24)18-9-11-19(12-10-18)25-14-4-3-5-15-25/h6-12,26H,3-5,13-16H2,1-2H3. The third kappa shape index (κ3) is 4.61. The molecule has 1 N–H and O–H groups in total. The fourth-order valence-electron chi connectivity index (χ4n) is 3.59. The molecule has 0 spiro atoms. The molecule has 2 aromatic rings. The molecule has 27 heavy (non-hydrogen) atoms. The Balaban J connectivity index is 1.88. The number of anilines is 1. The molecule has 4 heteroatoms. The first-order chi connectivity index (χ1) is 13.0. The topological polar surface area (TPSA) is 56.5 Å². The summed E-state index contributed by atoms with van der Waals surface area (Å²) in [4.78, 5) is 2.43. The number of ether oxygens (including phenoxy) is 1.